The molecule has 2 aromatic rings. The molecule has 4 N–H and O–H groups in total. The van der Waals surface area contributed by atoms with Crippen molar-refractivity contribution in [2.75, 3.05) is 25.1 Å². The number of rotatable bonds is 8. The van der Waals surface area contributed by atoms with Crippen molar-refractivity contribution in [1.82, 2.24) is 10.6 Å². The van der Waals surface area contributed by atoms with Gasteiger partial charge in [0.25, 0.3) is 5.91 Å². The highest BCUT2D eigenvalue weighted by molar-refractivity contribution is 7.09. The van der Waals surface area contributed by atoms with E-state index in [9.17, 15) is 14.4 Å². The van der Waals surface area contributed by atoms with Crippen LogP contribution in [0.15, 0.2) is 41.8 Å². The predicted molar refractivity (Wildman–Crippen MR) is 97.0 cm³/mol. The fourth-order valence-corrected chi connectivity index (χ4v) is 2.65. The first-order valence-corrected chi connectivity index (χ1v) is 8.69. The molecule has 1 heterocycles. The van der Waals surface area contributed by atoms with E-state index in [0.29, 0.717) is 12.2 Å². The van der Waals surface area contributed by atoms with Gasteiger partial charge < -0.3 is 20.5 Å². The average molecular weight is 377 g/mol. The van der Waals surface area contributed by atoms with Crippen molar-refractivity contribution in [1.29, 1.82) is 0 Å². The van der Waals surface area contributed by atoms with Gasteiger partial charge in [-0.25, -0.2) is 9.59 Å². The lowest BCUT2D eigenvalue weighted by Gasteiger charge is -2.11. The van der Waals surface area contributed by atoms with Gasteiger partial charge in [0.15, 0.2) is 6.61 Å². The fourth-order valence-electron chi connectivity index (χ4n) is 2.00. The number of para-hydroxylation sites is 1. The van der Waals surface area contributed by atoms with Crippen LogP contribution >= 0.6 is 11.3 Å². The molecule has 26 heavy (non-hydrogen) atoms. The molecular formula is C17H19N3O5S. The molecule has 9 heteroatoms. The summed E-state index contributed by atoms with van der Waals surface area (Å²) >= 11 is 1.48. The maximum Gasteiger partial charge on any atom is 0.340 e. The number of nitrogens with one attached hydrogen (secondary N) is 3. The third kappa shape index (κ3) is 6.19. The third-order valence-corrected chi connectivity index (χ3v) is 4.04. The summed E-state index contributed by atoms with van der Waals surface area (Å²) in [5.74, 6) is -1.44. The van der Waals surface area contributed by atoms with E-state index < -0.39 is 24.5 Å². The van der Waals surface area contributed by atoms with Gasteiger partial charge in [0.2, 0.25) is 0 Å². The van der Waals surface area contributed by atoms with E-state index in [1.165, 1.54) is 17.4 Å². The first-order valence-electron chi connectivity index (χ1n) is 7.81. The van der Waals surface area contributed by atoms with Crippen LogP contribution in [0.25, 0.3) is 0 Å². The van der Waals surface area contributed by atoms with Crippen molar-refractivity contribution in [2.24, 2.45) is 0 Å². The zero-order chi connectivity index (χ0) is 18.8. The zero-order valence-electron chi connectivity index (χ0n) is 13.9. The van der Waals surface area contributed by atoms with Gasteiger partial charge in [0.1, 0.15) is 0 Å². The van der Waals surface area contributed by atoms with Crippen molar-refractivity contribution in [3.8, 4) is 0 Å². The molecule has 0 spiro atoms. The predicted octanol–water partition coefficient (Wildman–Crippen LogP) is 1.34. The molecule has 0 radical (unpaired) electrons. The number of benzene rings is 1. The largest absolute Gasteiger partial charge is 0.452 e. The summed E-state index contributed by atoms with van der Waals surface area (Å²) in [6, 6.07) is 9.62. The second-order valence-corrected chi connectivity index (χ2v) is 6.11. The molecule has 8 nitrogen and oxygen atoms in total. The maximum absolute atomic E-state index is 12.1. The Balaban J connectivity index is 1.77. The van der Waals surface area contributed by atoms with Crippen LogP contribution in [0.4, 0.5) is 10.5 Å². The summed E-state index contributed by atoms with van der Waals surface area (Å²) in [6.45, 7) is -0.0956. The van der Waals surface area contributed by atoms with Crippen LogP contribution in [-0.2, 0) is 16.1 Å². The molecular weight excluding hydrogens is 358 g/mol. The van der Waals surface area contributed by atoms with E-state index in [1.54, 1.807) is 18.2 Å². The van der Waals surface area contributed by atoms with Gasteiger partial charge in [0, 0.05) is 17.1 Å². The summed E-state index contributed by atoms with van der Waals surface area (Å²) in [4.78, 5) is 36.4. The van der Waals surface area contributed by atoms with Gasteiger partial charge in [-0.05, 0) is 23.6 Å². The molecule has 0 fully saturated rings. The number of aliphatic hydroxyl groups excluding tert-OH is 1. The van der Waals surface area contributed by atoms with Crippen LogP contribution in [0, 0.1) is 0 Å². The molecule has 138 valence electrons. The minimum Gasteiger partial charge on any atom is -0.452 e. The molecule has 0 aliphatic carbocycles. The van der Waals surface area contributed by atoms with Gasteiger partial charge in [-0.1, -0.05) is 18.2 Å². The Morgan fingerprint density at radius 3 is 2.65 bits per heavy atom. The topological polar surface area (TPSA) is 117 Å². The lowest BCUT2D eigenvalue weighted by molar-refractivity contribution is -0.123. The Hall–Kier alpha value is -2.91. The van der Waals surface area contributed by atoms with E-state index in [0.717, 1.165) is 4.88 Å². The van der Waals surface area contributed by atoms with Crippen LogP contribution in [0.1, 0.15) is 15.2 Å². The second-order valence-electron chi connectivity index (χ2n) is 5.08. The normalized spacial score (nSPS) is 10.0. The van der Waals surface area contributed by atoms with Crippen LogP contribution in [-0.4, -0.2) is 42.8 Å². The highest BCUT2D eigenvalue weighted by Gasteiger charge is 2.15. The standard InChI is InChI=1S/C17H19N3O5S/c21-8-7-18-14-6-2-1-5-13(14)16(23)25-11-15(22)20-17(24)19-10-12-4-3-9-26-12/h1-6,9,18,21H,7-8,10-11H2,(H2,19,20,22,24). The molecule has 0 bridgehead atoms. The number of ether oxygens (including phenoxy) is 1. The van der Waals surface area contributed by atoms with Gasteiger partial charge in [-0.3, -0.25) is 10.1 Å². The summed E-state index contributed by atoms with van der Waals surface area (Å²) in [5, 5.41) is 18.2. The van der Waals surface area contributed by atoms with Gasteiger partial charge in [0.05, 0.1) is 18.7 Å². The molecule has 0 saturated heterocycles. The van der Waals surface area contributed by atoms with Crippen LogP contribution in [0.2, 0.25) is 0 Å². The Morgan fingerprint density at radius 2 is 1.92 bits per heavy atom. The lowest BCUT2D eigenvalue weighted by atomic mass is 10.2. The first-order chi connectivity index (χ1) is 12.6. The molecule has 1 aromatic heterocycles. The number of aliphatic hydroxyl groups is 1. The number of carbonyl (C=O) groups is 3. The second kappa shape index (κ2) is 10.2. The lowest BCUT2D eigenvalue weighted by Crippen LogP contribution is -2.41. The first kappa shape index (κ1) is 19.4. The van der Waals surface area contributed by atoms with Crippen molar-refractivity contribution >= 4 is 34.9 Å². The third-order valence-electron chi connectivity index (χ3n) is 3.16. The van der Waals surface area contributed by atoms with Gasteiger partial charge in [-0.2, -0.15) is 0 Å². The number of hydrogen-bond donors (Lipinski definition) is 4. The molecule has 3 amide bonds. The Labute approximate surface area is 154 Å². The molecule has 0 aliphatic rings. The average Bonchev–Trinajstić information content (AvgIpc) is 3.16. The molecule has 0 unspecified atom stereocenters. The Morgan fingerprint density at radius 1 is 1.12 bits per heavy atom. The fraction of sp³-hybridized carbons (Fsp3) is 0.235. The van der Waals surface area contributed by atoms with Crippen molar-refractivity contribution in [2.45, 2.75) is 6.54 Å². The monoisotopic (exact) mass is 377 g/mol. The van der Waals surface area contributed by atoms with Gasteiger partial charge in [-0.15, -0.1) is 11.3 Å². The quantitative estimate of drug-likeness (QED) is 0.516. The number of urea groups is 1. The van der Waals surface area contributed by atoms with Crippen molar-refractivity contribution in [3.05, 3.63) is 52.2 Å². The molecule has 0 atom stereocenters. The number of amides is 3. The number of anilines is 1. The molecule has 2 rings (SSSR count). The number of imide groups is 1. The maximum atomic E-state index is 12.1. The van der Waals surface area contributed by atoms with Crippen molar-refractivity contribution < 1.29 is 24.2 Å². The summed E-state index contributed by atoms with van der Waals surface area (Å²) in [6.07, 6.45) is 0. The van der Waals surface area contributed by atoms with Gasteiger partial charge >= 0.3 is 12.0 Å². The highest BCUT2D eigenvalue weighted by atomic mass is 32.1. The number of thiophene rings is 1. The van der Waals surface area contributed by atoms with E-state index in [1.807, 2.05) is 17.5 Å². The summed E-state index contributed by atoms with van der Waals surface area (Å²) < 4.78 is 4.93. The zero-order valence-corrected chi connectivity index (χ0v) is 14.7. The van der Waals surface area contributed by atoms with E-state index in [2.05, 4.69) is 16.0 Å². The summed E-state index contributed by atoms with van der Waals surface area (Å²) in [7, 11) is 0. The minimum atomic E-state index is -0.733. The molecule has 0 aliphatic heterocycles. The summed E-state index contributed by atoms with van der Waals surface area (Å²) in [5.41, 5.74) is 0.719. The van der Waals surface area contributed by atoms with Crippen molar-refractivity contribution in [3.63, 3.8) is 0 Å². The molecule has 0 saturated carbocycles. The smallest absolute Gasteiger partial charge is 0.340 e. The minimum absolute atomic E-state index is 0.0909. The number of hydrogen-bond acceptors (Lipinski definition) is 7. The Kier molecular flexibility index (Phi) is 7.59. The van der Waals surface area contributed by atoms with Crippen LogP contribution < -0.4 is 16.0 Å². The molecule has 1 aromatic carbocycles. The van der Waals surface area contributed by atoms with Crippen LogP contribution in [0.3, 0.4) is 0 Å². The van der Waals surface area contributed by atoms with E-state index in [-0.39, 0.29) is 18.7 Å². The van der Waals surface area contributed by atoms with Crippen LogP contribution in [0.5, 0.6) is 0 Å². The highest BCUT2D eigenvalue weighted by Crippen LogP contribution is 2.15. The van der Waals surface area contributed by atoms with E-state index in [4.69, 9.17) is 9.84 Å². The van der Waals surface area contributed by atoms with E-state index >= 15 is 0 Å². The SMILES string of the molecule is O=C(COC(=O)c1ccccc1NCCO)NC(=O)NCc1cccs1. The number of carbonyl (C=O) groups excluding carboxylic acids is 3. The Bertz CT molecular complexity index is 749. The number of esters is 1.